The zero-order valence-electron chi connectivity index (χ0n) is 13.6. The number of halogens is 2. The van der Waals surface area contributed by atoms with E-state index in [1.54, 1.807) is 11.7 Å². The maximum atomic E-state index is 13.6. The highest BCUT2D eigenvalue weighted by Gasteiger charge is 2.21. The summed E-state index contributed by atoms with van der Waals surface area (Å²) in [5.74, 6) is -0.819. The maximum absolute atomic E-state index is 13.6. The number of fused-ring (bicyclic) bond motifs is 1. The van der Waals surface area contributed by atoms with Crippen molar-refractivity contribution >= 4 is 34.4 Å². The molecule has 0 atom stereocenters. The minimum absolute atomic E-state index is 0.0413. The first-order valence-corrected chi connectivity index (χ1v) is 8.16. The Morgan fingerprint density at radius 2 is 1.96 bits per heavy atom. The zero-order valence-corrected chi connectivity index (χ0v) is 14.4. The molecule has 0 spiro atoms. The van der Waals surface area contributed by atoms with E-state index in [4.69, 9.17) is 11.6 Å². The van der Waals surface area contributed by atoms with Gasteiger partial charge in [-0.2, -0.15) is 10.2 Å². The summed E-state index contributed by atoms with van der Waals surface area (Å²) in [5, 5.41) is 14.6. The van der Waals surface area contributed by atoms with Crippen molar-refractivity contribution in [3.05, 3.63) is 64.9 Å². The number of aryl methyl sites for hydroxylation is 1. The van der Waals surface area contributed by atoms with E-state index in [9.17, 15) is 9.18 Å². The monoisotopic (exact) mass is 369 g/mol. The quantitative estimate of drug-likeness (QED) is 0.573. The van der Waals surface area contributed by atoms with Gasteiger partial charge in [-0.1, -0.05) is 48.0 Å². The van der Waals surface area contributed by atoms with Crippen molar-refractivity contribution < 1.29 is 9.18 Å². The number of hydrogen-bond acceptors (Lipinski definition) is 3. The number of H-pyrrole nitrogens is 1. The van der Waals surface area contributed by atoms with Gasteiger partial charge in [-0.15, -0.1) is 0 Å². The largest absolute Gasteiger partial charge is 0.306 e. The molecule has 0 aliphatic rings. The molecule has 4 aromatic rings. The van der Waals surface area contributed by atoms with Crippen LogP contribution in [-0.4, -0.2) is 25.9 Å². The molecule has 0 saturated carbocycles. The van der Waals surface area contributed by atoms with Gasteiger partial charge in [0.1, 0.15) is 17.3 Å². The highest BCUT2D eigenvalue weighted by atomic mass is 35.5. The summed E-state index contributed by atoms with van der Waals surface area (Å²) in [5.41, 5.74) is 2.19. The number of amides is 1. The van der Waals surface area contributed by atoms with E-state index >= 15 is 0 Å². The fraction of sp³-hybridized carbons (Fsp3) is 0.0556. The SMILES string of the molecule is Cn1nc(-c2ccccc2)c2c(NC(=O)c3cccc(F)c3Cl)[nH]nc21. The number of carbonyl (C=O) groups excluding carboxylic acids is 1. The van der Waals surface area contributed by atoms with Gasteiger partial charge in [0.25, 0.3) is 5.91 Å². The second-order valence-corrected chi connectivity index (χ2v) is 6.07. The fourth-order valence-corrected chi connectivity index (χ4v) is 3.00. The summed E-state index contributed by atoms with van der Waals surface area (Å²) in [4.78, 5) is 12.5. The van der Waals surface area contributed by atoms with Crippen LogP contribution in [0.5, 0.6) is 0 Å². The third-order valence-electron chi connectivity index (χ3n) is 4.02. The number of aromatic amines is 1. The number of nitrogens with one attached hydrogen (secondary N) is 2. The van der Waals surface area contributed by atoms with Crippen LogP contribution in [0.25, 0.3) is 22.3 Å². The van der Waals surface area contributed by atoms with Crippen molar-refractivity contribution in [3.8, 4) is 11.3 Å². The minimum atomic E-state index is -0.652. The normalized spacial score (nSPS) is 11.0. The number of carbonyl (C=O) groups is 1. The number of anilines is 1. The Morgan fingerprint density at radius 3 is 2.73 bits per heavy atom. The molecule has 2 aromatic heterocycles. The van der Waals surface area contributed by atoms with Gasteiger partial charge in [-0.05, 0) is 12.1 Å². The average Bonchev–Trinajstić information content (AvgIpc) is 3.20. The topological polar surface area (TPSA) is 75.6 Å². The van der Waals surface area contributed by atoms with Crippen molar-refractivity contribution in [1.82, 2.24) is 20.0 Å². The first-order valence-electron chi connectivity index (χ1n) is 7.78. The second kappa shape index (κ2) is 6.27. The standard InChI is InChI=1S/C18H13ClFN5O/c1-25-17-13(15(24-25)10-6-3-2-4-7-10)16(22-23-17)21-18(26)11-8-5-9-12(20)14(11)19/h2-9H,1H3,(H2,21,22,23,26). The lowest BCUT2D eigenvalue weighted by molar-refractivity contribution is 0.102. The predicted molar refractivity (Wildman–Crippen MR) is 97.7 cm³/mol. The van der Waals surface area contributed by atoms with Crippen molar-refractivity contribution in [3.63, 3.8) is 0 Å². The van der Waals surface area contributed by atoms with Gasteiger partial charge in [0.05, 0.1) is 16.0 Å². The summed E-state index contributed by atoms with van der Waals surface area (Å²) in [6.07, 6.45) is 0. The molecule has 0 saturated heterocycles. The molecule has 0 unspecified atom stereocenters. The van der Waals surface area contributed by atoms with Crippen LogP contribution in [0, 0.1) is 5.82 Å². The molecule has 2 heterocycles. The molecule has 26 heavy (non-hydrogen) atoms. The molecular formula is C18H13ClFN5O. The van der Waals surface area contributed by atoms with Gasteiger partial charge in [-0.3, -0.25) is 9.89 Å². The van der Waals surface area contributed by atoms with E-state index in [2.05, 4.69) is 20.6 Å². The van der Waals surface area contributed by atoms with E-state index in [0.717, 1.165) is 5.56 Å². The van der Waals surface area contributed by atoms with Crippen molar-refractivity contribution in [2.45, 2.75) is 0 Å². The van der Waals surface area contributed by atoms with Crippen LogP contribution >= 0.6 is 11.6 Å². The van der Waals surface area contributed by atoms with E-state index in [0.29, 0.717) is 22.5 Å². The number of rotatable bonds is 3. The Hall–Kier alpha value is -3.19. The molecule has 0 fully saturated rings. The van der Waals surface area contributed by atoms with E-state index in [-0.39, 0.29) is 10.6 Å². The third kappa shape index (κ3) is 2.62. The first kappa shape index (κ1) is 16.3. The van der Waals surface area contributed by atoms with Gasteiger partial charge in [0.2, 0.25) is 0 Å². The summed E-state index contributed by atoms with van der Waals surface area (Å²) in [6, 6.07) is 13.6. The van der Waals surface area contributed by atoms with Gasteiger partial charge in [-0.25, -0.2) is 9.07 Å². The average molecular weight is 370 g/mol. The van der Waals surface area contributed by atoms with Crippen molar-refractivity contribution in [2.24, 2.45) is 7.05 Å². The molecule has 6 nitrogen and oxygen atoms in total. The van der Waals surface area contributed by atoms with E-state index in [1.807, 2.05) is 30.3 Å². The molecule has 0 radical (unpaired) electrons. The van der Waals surface area contributed by atoms with Crippen molar-refractivity contribution in [2.75, 3.05) is 5.32 Å². The van der Waals surface area contributed by atoms with Crippen LogP contribution in [0.2, 0.25) is 5.02 Å². The van der Waals surface area contributed by atoms with Gasteiger partial charge < -0.3 is 5.32 Å². The summed E-state index contributed by atoms with van der Waals surface area (Å²) in [6.45, 7) is 0. The second-order valence-electron chi connectivity index (χ2n) is 5.69. The predicted octanol–water partition coefficient (Wildman–Crippen LogP) is 4.01. The highest BCUT2D eigenvalue weighted by molar-refractivity contribution is 6.34. The van der Waals surface area contributed by atoms with E-state index < -0.39 is 11.7 Å². The van der Waals surface area contributed by atoms with Crippen LogP contribution < -0.4 is 5.32 Å². The Bertz CT molecular complexity index is 1120. The number of hydrogen-bond donors (Lipinski definition) is 2. The molecule has 8 heteroatoms. The molecule has 0 bridgehead atoms. The Labute approximate surface area is 152 Å². The summed E-state index contributed by atoms with van der Waals surface area (Å²) < 4.78 is 15.2. The molecule has 0 aliphatic heterocycles. The van der Waals surface area contributed by atoms with E-state index in [1.165, 1.54) is 18.2 Å². The van der Waals surface area contributed by atoms with Gasteiger partial charge in [0.15, 0.2) is 5.65 Å². The Balaban J connectivity index is 1.78. The summed E-state index contributed by atoms with van der Waals surface area (Å²) in [7, 11) is 1.77. The van der Waals surface area contributed by atoms with Gasteiger partial charge in [0, 0.05) is 12.6 Å². The smallest absolute Gasteiger partial charge is 0.258 e. The number of aromatic nitrogens is 4. The molecule has 1 amide bonds. The van der Waals surface area contributed by atoms with Gasteiger partial charge >= 0.3 is 0 Å². The lowest BCUT2D eigenvalue weighted by Gasteiger charge is -2.06. The molecule has 130 valence electrons. The first-order chi connectivity index (χ1) is 12.6. The lowest BCUT2D eigenvalue weighted by atomic mass is 10.1. The molecular weight excluding hydrogens is 357 g/mol. The third-order valence-corrected chi connectivity index (χ3v) is 4.41. The number of benzene rings is 2. The highest BCUT2D eigenvalue weighted by Crippen LogP contribution is 2.32. The Morgan fingerprint density at radius 1 is 1.19 bits per heavy atom. The van der Waals surface area contributed by atoms with Crippen molar-refractivity contribution in [1.29, 1.82) is 0 Å². The van der Waals surface area contributed by atoms with Crippen LogP contribution in [0.4, 0.5) is 10.2 Å². The van der Waals surface area contributed by atoms with Crippen LogP contribution in [-0.2, 0) is 7.05 Å². The fourth-order valence-electron chi connectivity index (χ4n) is 2.79. The Kier molecular flexibility index (Phi) is 3.93. The minimum Gasteiger partial charge on any atom is -0.306 e. The van der Waals surface area contributed by atoms with Crippen LogP contribution in [0.15, 0.2) is 48.5 Å². The zero-order chi connectivity index (χ0) is 18.3. The molecule has 4 rings (SSSR count). The molecule has 0 aliphatic carbocycles. The van der Waals surface area contributed by atoms with Crippen LogP contribution in [0.1, 0.15) is 10.4 Å². The number of nitrogens with zero attached hydrogens (tertiary/aromatic N) is 3. The lowest BCUT2D eigenvalue weighted by Crippen LogP contribution is -2.13. The summed E-state index contributed by atoms with van der Waals surface area (Å²) >= 11 is 5.90. The molecule has 2 N–H and O–H groups in total. The maximum Gasteiger partial charge on any atom is 0.258 e. The molecule has 2 aromatic carbocycles. The van der Waals surface area contributed by atoms with Crippen LogP contribution in [0.3, 0.4) is 0 Å².